The number of halogens is 1. The molecule has 2 N–H and O–H groups in total. The van der Waals surface area contributed by atoms with E-state index in [0.29, 0.717) is 6.42 Å². The zero-order chi connectivity index (χ0) is 14.6. The maximum atomic E-state index is 12.0. The van der Waals surface area contributed by atoms with E-state index in [1.807, 2.05) is 0 Å². The first-order chi connectivity index (χ1) is 8.83. The maximum Gasteiger partial charge on any atom is 0.283 e. The van der Waals surface area contributed by atoms with Crippen LogP contribution in [0.25, 0.3) is 0 Å². The molecule has 7 heteroatoms. The minimum Gasteiger partial charge on any atom is -0.394 e. The summed E-state index contributed by atoms with van der Waals surface area (Å²) in [5.41, 5.74) is -1.26. The van der Waals surface area contributed by atoms with E-state index in [0.717, 1.165) is 6.07 Å². The maximum absolute atomic E-state index is 12.0. The molecule has 0 saturated carbocycles. The predicted octanol–water partition coefficient (Wildman–Crippen LogP) is 2.14. The van der Waals surface area contributed by atoms with E-state index in [4.69, 9.17) is 11.6 Å². The van der Waals surface area contributed by atoms with Gasteiger partial charge in [-0.25, -0.2) is 0 Å². The third-order valence-electron chi connectivity index (χ3n) is 2.95. The van der Waals surface area contributed by atoms with Crippen LogP contribution in [0.5, 0.6) is 0 Å². The van der Waals surface area contributed by atoms with Crippen LogP contribution < -0.4 is 5.32 Å². The Morgan fingerprint density at radius 2 is 2.21 bits per heavy atom. The lowest BCUT2D eigenvalue weighted by atomic mass is 9.99. The molecule has 0 radical (unpaired) electrons. The van der Waals surface area contributed by atoms with Crippen molar-refractivity contribution in [3.63, 3.8) is 0 Å². The normalized spacial score (nSPS) is 13.7. The van der Waals surface area contributed by atoms with Gasteiger partial charge in [-0.3, -0.25) is 14.9 Å². The number of aliphatic hydroxyl groups excluding tert-OH is 1. The summed E-state index contributed by atoms with van der Waals surface area (Å²) < 4.78 is 0. The van der Waals surface area contributed by atoms with Gasteiger partial charge in [-0.1, -0.05) is 18.5 Å². The fourth-order valence-corrected chi connectivity index (χ4v) is 1.60. The van der Waals surface area contributed by atoms with Crippen LogP contribution in [0.4, 0.5) is 5.69 Å². The number of carbonyl (C=O) groups is 1. The van der Waals surface area contributed by atoms with Crippen LogP contribution in [0.3, 0.4) is 0 Å². The molecule has 0 heterocycles. The number of nitrogens with one attached hydrogen (secondary N) is 1. The lowest BCUT2D eigenvalue weighted by Crippen LogP contribution is -2.48. The Bertz CT molecular complexity index is 501. The highest BCUT2D eigenvalue weighted by Crippen LogP contribution is 2.24. The highest BCUT2D eigenvalue weighted by atomic mass is 35.5. The molecule has 1 atom stereocenters. The van der Waals surface area contributed by atoms with Gasteiger partial charge < -0.3 is 10.4 Å². The molecule has 1 aromatic rings. The third kappa shape index (κ3) is 3.65. The summed E-state index contributed by atoms with van der Waals surface area (Å²) in [6, 6.07) is 3.83. The molecule has 1 unspecified atom stereocenters. The van der Waals surface area contributed by atoms with Gasteiger partial charge in [-0.05, 0) is 25.5 Å². The second-order valence-electron chi connectivity index (χ2n) is 4.45. The van der Waals surface area contributed by atoms with Crippen molar-refractivity contribution in [1.82, 2.24) is 5.32 Å². The molecule has 1 rings (SSSR count). The van der Waals surface area contributed by atoms with Gasteiger partial charge in [0.25, 0.3) is 11.6 Å². The van der Waals surface area contributed by atoms with Crippen LogP contribution in [-0.2, 0) is 0 Å². The summed E-state index contributed by atoms with van der Waals surface area (Å²) in [6.07, 6.45) is 0.497. The average molecular weight is 287 g/mol. The van der Waals surface area contributed by atoms with Gasteiger partial charge >= 0.3 is 0 Å². The van der Waals surface area contributed by atoms with Crippen molar-refractivity contribution in [2.75, 3.05) is 6.61 Å². The van der Waals surface area contributed by atoms with Crippen molar-refractivity contribution in [2.24, 2.45) is 0 Å². The van der Waals surface area contributed by atoms with Crippen molar-refractivity contribution in [3.8, 4) is 0 Å². The topological polar surface area (TPSA) is 92.5 Å². The summed E-state index contributed by atoms with van der Waals surface area (Å²) in [7, 11) is 0. The number of nitro groups is 1. The lowest BCUT2D eigenvalue weighted by molar-refractivity contribution is -0.385. The molecule has 6 nitrogen and oxygen atoms in total. The number of rotatable bonds is 5. The predicted molar refractivity (Wildman–Crippen MR) is 71.4 cm³/mol. The number of nitro benzene ring substituents is 1. The van der Waals surface area contributed by atoms with Gasteiger partial charge in [0.2, 0.25) is 0 Å². The first-order valence-electron chi connectivity index (χ1n) is 5.70. The highest BCUT2D eigenvalue weighted by Gasteiger charge is 2.27. The van der Waals surface area contributed by atoms with Gasteiger partial charge in [0.05, 0.1) is 17.1 Å². The Morgan fingerprint density at radius 3 is 2.68 bits per heavy atom. The number of aliphatic hydroxyl groups is 1. The number of nitrogens with zero attached hydrogens (tertiary/aromatic N) is 1. The number of hydrogen-bond donors (Lipinski definition) is 2. The molecule has 0 bridgehead atoms. The Labute approximate surface area is 115 Å². The molecule has 0 aliphatic heterocycles. The minimum absolute atomic E-state index is 0.0810. The zero-order valence-corrected chi connectivity index (χ0v) is 11.4. The van der Waals surface area contributed by atoms with Gasteiger partial charge in [-0.15, -0.1) is 0 Å². The van der Waals surface area contributed by atoms with Gasteiger partial charge in [0.15, 0.2) is 0 Å². The fourth-order valence-electron chi connectivity index (χ4n) is 1.43. The SMILES string of the molecule is CCC(C)(CO)NC(=O)c1ccc(Cl)cc1[N+](=O)[O-]. The number of carbonyl (C=O) groups excluding carboxylic acids is 1. The second-order valence-corrected chi connectivity index (χ2v) is 4.88. The molecule has 1 aromatic carbocycles. The lowest BCUT2D eigenvalue weighted by Gasteiger charge is -2.27. The second kappa shape index (κ2) is 5.99. The Hall–Kier alpha value is -1.66. The summed E-state index contributed by atoms with van der Waals surface area (Å²) in [4.78, 5) is 22.3. The Morgan fingerprint density at radius 1 is 1.58 bits per heavy atom. The van der Waals surface area contributed by atoms with Crippen molar-refractivity contribution >= 4 is 23.2 Å². The summed E-state index contributed by atoms with van der Waals surface area (Å²) in [5, 5.41) is 22.9. The van der Waals surface area contributed by atoms with E-state index in [1.54, 1.807) is 13.8 Å². The molecule has 0 saturated heterocycles. The quantitative estimate of drug-likeness (QED) is 0.640. The van der Waals surface area contributed by atoms with Crippen LogP contribution in [0.1, 0.15) is 30.6 Å². The van der Waals surface area contributed by atoms with E-state index in [2.05, 4.69) is 5.32 Å². The molecule has 104 valence electrons. The van der Waals surface area contributed by atoms with Crippen LogP contribution in [0.15, 0.2) is 18.2 Å². The van der Waals surface area contributed by atoms with Gasteiger partial charge in [0.1, 0.15) is 5.56 Å². The first kappa shape index (κ1) is 15.4. The molecule has 0 spiro atoms. The van der Waals surface area contributed by atoms with Crippen molar-refractivity contribution in [2.45, 2.75) is 25.8 Å². The van der Waals surface area contributed by atoms with E-state index in [9.17, 15) is 20.0 Å². The summed E-state index contributed by atoms with van der Waals surface area (Å²) >= 11 is 5.68. The molecule has 0 aliphatic carbocycles. The van der Waals surface area contributed by atoms with Crippen LogP contribution in [0, 0.1) is 10.1 Å². The number of benzene rings is 1. The minimum atomic E-state index is -0.815. The van der Waals surface area contributed by atoms with E-state index in [1.165, 1.54) is 12.1 Å². The number of amides is 1. The van der Waals surface area contributed by atoms with E-state index >= 15 is 0 Å². The molecule has 1 amide bonds. The zero-order valence-electron chi connectivity index (χ0n) is 10.6. The van der Waals surface area contributed by atoms with Gasteiger partial charge in [-0.2, -0.15) is 0 Å². The standard InChI is InChI=1S/C12H15ClN2O4/c1-3-12(2,7-16)14-11(17)9-5-4-8(13)6-10(9)15(18)19/h4-6,16H,3,7H2,1-2H3,(H,14,17). The fraction of sp³-hybridized carbons (Fsp3) is 0.417. The van der Waals surface area contributed by atoms with Gasteiger partial charge in [0, 0.05) is 11.1 Å². The van der Waals surface area contributed by atoms with Crippen LogP contribution in [0.2, 0.25) is 5.02 Å². The molecular weight excluding hydrogens is 272 g/mol. The van der Waals surface area contributed by atoms with Crippen molar-refractivity contribution in [3.05, 3.63) is 38.9 Å². The molecule has 0 aromatic heterocycles. The number of hydrogen-bond acceptors (Lipinski definition) is 4. The van der Waals surface area contributed by atoms with Crippen molar-refractivity contribution < 1.29 is 14.8 Å². The molecule has 0 aliphatic rings. The van der Waals surface area contributed by atoms with Crippen molar-refractivity contribution in [1.29, 1.82) is 0 Å². The molecule has 0 fully saturated rings. The summed E-state index contributed by atoms with van der Waals surface area (Å²) in [6.45, 7) is 3.20. The molecule has 19 heavy (non-hydrogen) atoms. The van der Waals surface area contributed by atoms with E-state index < -0.39 is 16.4 Å². The largest absolute Gasteiger partial charge is 0.394 e. The Balaban J connectivity index is 3.10. The highest BCUT2D eigenvalue weighted by molar-refractivity contribution is 6.31. The average Bonchev–Trinajstić information content (AvgIpc) is 2.38. The monoisotopic (exact) mass is 286 g/mol. The first-order valence-corrected chi connectivity index (χ1v) is 6.08. The summed E-state index contributed by atoms with van der Waals surface area (Å²) in [5.74, 6) is -0.609. The van der Waals surface area contributed by atoms with E-state index in [-0.39, 0.29) is 22.9 Å². The van der Waals surface area contributed by atoms with Crippen LogP contribution >= 0.6 is 11.6 Å². The smallest absolute Gasteiger partial charge is 0.283 e. The Kier molecular flexibility index (Phi) is 4.85. The molecular formula is C12H15ClN2O4. The van der Waals surface area contributed by atoms with Crippen LogP contribution in [-0.4, -0.2) is 28.1 Å². The third-order valence-corrected chi connectivity index (χ3v) is 3.18.